The van der Waals surface area contributed by atoms with Crippen molar-refractivity contribution in [3.8, 4) is 6.07 Å². The van der Waals surface area contributed by atoms with E-state index in [2.05, 4.69) is 0 Å². The zero-order valence-electron chi connectivity index (χ0n) is 8.82. The summed E-state index contributed by atoms with van der Waals surface area (Å²) in [7, 11) is -3.82. The molecule has 0 aromatic heterocycles. The lowest BCUT2D eigenvalue weighted by Gasteiger charge is -2.26. The summed E-state index contributed by atoms with van der Waals surface area (Å²) in [5, 5.41) is 7.87. The first-order chi connectivity index (χ1) is 7.02. The highest BCUT2D eigenvalue weighted by atomic mass is 35.5. The molecule has 0 saturated heterocycles. The second-order valence-electron chi connectivity index (χ2n) is 3.19. The van der Waals surface area contributed by atoms with Crippen LogP contribution in [-0.2, 0) is 10.0 Å². The summed E-state index contributed by atoms with van der Waals surface area (Å²) in [6.07, 6.45) is 0. The van der Waals surface area contributed by atoms with Gasteiger partial charge in [-0.05, 0) is 20.8 Å². The summed E-state index contributed by atoms with van der Waals surface area (Å²) >= 11 is 10.2. The highest BCUT2D eigenvalue weighted by molar-refractivity contribution is 8.10. The van der Waals surface area contributed by atoms with Gasteiger partial charge in [0, 0.05) is 11.9 Å². The van der Waals surface area contributed by atoms with Crippen LogP contribution in [-0.4, -0.2) is 27.3 Å². The van der Waals surface area contributed by atoms with Gasteiger partial charge in [0.15, 0.2) is 0 Å². The molecular weight excluding hydrogens is 298 g/mol. The molecule has 0 bridgehead atoms. The molecule has 1 unspecified atom stereocenters. The fourth-order valence-electron chi connectivity index (χ4n) is 0.708. The number of halogens is 3. The second kappa shape index (κ2) is 5.74. The highest BCUT2D eigenvalue weighted by Gasteiger charge is 2.38. The molecule has 0 N–H and O–H groups in total. The van der Waals surface area contributed by atoms with Gasteiger partial charge in [-0.2, -0.15) is 9.65 Å². The van der Waals surface area contributed by atoms with Gasteiger partial charge >= 0.3 is 3.92 Å². The molecule has 0 rings (SSSR count). The third-order valence-electron chi connectivity index (χ3n) is 1.54. The molecule has 0 amide bonds. The summed E-state index contributed by atoms with van der Waals surface area (Å²) in [6, 6.07) is 0.626. The molecule has 0 heterocycles. The van der Waals surface area contributed by atoms with E-state index >= 15 is 0 Å². The van der Waals surface area contributed by atoms with E-state index in [0.717, 1.165) is 0 Å². The van der Waals surface area contributed by atoms with Crippen LogP contribution in [0.2, 0.25) is 0 Å². The maximum Gasteiger partial charge on any atom is 0.319 e. The number of hydrogen-bond donors (Lipinski definition) is 0. The molecule has 9 heteroatoms. The summed E-state index contributed by atoms with van der Waals surface area (Å²) in [6.45, 7) is 4.14. The molecule has 0 radical (unpaired) electrons. The first-order valence-electron chi connectivity index (χ1n) is 4.21. The van der Waals surface area contributed by atoms with Crippen LogP contribution in [0, 0.1) is 11.3 Å². The highest BCUT2D eigenvalue weighted by Crippen LogP contribution is 2.41. The minimum Gasteiger partial charge on any atom is -0.211 e. The van der Waals surface area contributed by atoms with Crippen molar-refractivity contribution in [1.29, 1.82) is 5.26 Å². The Morgan fingerprint density at radius 1 is 1.44 bits per heavy atom. The molecule has 0 aliphatic heterocycles. The van der Waals surface area contributed by atoms with E-state index < -0.39 is 25.2 Å². The minimum absolute atomic E-state index is 0.0569. The lowest BCUT2D eigenvalue weighted by Crippen LogP contribution is -2.38. The van der Waals surface area contributed by atoms with Crippen LogP contribution < -0.4 is 0 Å². The van der Waals surface area contributed by atoms with Crippen molar-refractivity contribution < 1.29 is 12.8 Å². The van der Waals surface area contributed by atoms with Crippen LogP contribution in [0.5, 0.6) is 0 Å². The van der Waals surface area contributed by atoms with Gasteiger partial charge in [-0.1, -0.05) is 23.2 Å². The van der Waals surface area contributed by atoms with Crippen molar-refractivity contribution in [2.24, 2.45) is 0 Å². The summed E-state index contributed by atoms with van der Waals surface area (Å²) in [5.74, 6) is 0. The first kappa shape index (κ1) is 16.3. The van der Waals surface area contributed by atoms with Crippen molar-refractivity contribution in [1.82, 2.24) is 3.71 Å². The molecule has 0 aliphatic carbocycles. The SMILES string of the molecule is CC(C#N)N(SC(F)(Cl)Cl)S(=O)(=O)C(C)C. The molecule has 94 valence electrons. The molecule has 0 fully saturated rings. The zero-order valence-corrected chi connectivity index (χ0v) is 12.0. The van der Waals surface area contributed by atoms with Gasteiger partial charge in [-0.25, -0.2) is 8.42 Å². The molecule has 0 aromatic carbocycles. The maximum atomic E-state index is 13.0. The van der Waals surface area contributed by atoms with E-state index in [1.54, 1.807) is 6.07 Å². The van der Waals surface area contributed by atoms with Crippen molar-refractivity contribution in [3.63, 3.8) is 0 Å². The largest absolute Gasteiger partial charge is 0.319 e. The lowest BCUT2D eigenvalue weighted by atomic mass is 10.4. The third kappa shape index (κ3) is 4.63. The van der Waals surface area contributed by atoms with E-state index in [9.17, 15) is 12.8 Å². The van der Waals surface area contributed by atoms with E-state index in [1.807, 2.05) is 0 Å². The van der Waals surface area contributed by atoms with Crippen molar-refractivity contribution in [2.75, 3.05) is 0 Å². The van der Waals surface area contributed by atoms with E-state index in [1.165, 1.54) is 20.8 Å². The van der Waals surface area contributed by atoms with E-state index in [4.69, 9.17) is 28.5 Å². The van der Waals surface area contributed by atoms with Gasteiger partial charge in [-0.15, -0.1) is 3.71 Å². The predicted molar refractivity (Wildman–Crippen MR) is 64.1 cm³/mol. The number of alkyl halides is 3. The number of nitrogens with zero attached hydrogens (tertiary/aromatic N) is 2. The quantitative estimate of drug-likeness (QED) is 0.578. The molecule has 0 aliphatic rings. The Labute approximate surface area is 109 Å². The van der Waals surface area contributed by atoms with Crippen LogP contribution in [0.4, 0.5) is 4.39 Å². The molecule has 0 spiro atoms. The topological polar surface area (TPSA) is 61.2 Å². The Balaban J connectivity index is 5.22. The van der Waals surface area contributed by atoms with Crippen molar-refractivity contribution >= 4 is 45.2 Å². The predicted octanol–water partition coefficient (Wildman–Crippen LogP) is 2.65. The standard InChI is InChI=1S/C7H11Cl2FN2O2S2/c1-5(2)16(13,14)12(6(3)4-11)15-7(8,9)10/h5-6H,1-3H3. The number of rotatable bonds is 5. The summed E-state index contributed by atoms with van der Waals surface area (Å²) in [4.78, 5) is 0. The van der Waals surface area contributed by atoms with Gasteiger partial charge in [0.2, 0.25) is 10.0 Å². The van der Waals surface area contributed by atoms with Gasteiger partial charge < -0.3 is 0 Å². The number of hydrogen-bond acceptors (Lipinski definition) is 4. The summed E-state index contributed by atoms with van der Waals surface area (Å²) < 4.78 is 34.3. The van der Waals surface area contributed by atoms with Gasteiger partial charge in [0.25, 0.3) is 0 Å². The van der Waals surface area contributed by atoms with Crippen LogP contribution in [0.25, 0.3) is 0 Å². The first-order valence-corrected chi connectivity index (χ1v) is 7.24. The van der Waals surface area contributed by atoms with Gasteiger partial charge in [0.1, 0.15) is 6.04 Å². The van der Waals surface area contributed by atoms with Crippen LogP contribution in [0.3, 0.4) is 0 Å². The second-order valence-corrected chi connectivity index (χ2v) is 8.61. The summed E-state index contributed by atoms with van der Waals surface area (Å²) in [5.41, 5.74) is 0. The van der Waals surface area contributed by atoms with E-state index in [-0.39, 0.29) is 11.9 Å². The van der Waals surface area contributed by atoms with E-state index in [0.29, 0.717) is 3.71 Å². The molecule has 0 aromatic rings. The minimum atomic E-state index is -3.82. The molecule has 0 saturated carbocycles. The molecule has 4 nitrogen and oxygen atoms in total. The fraction of sp³-hybridized carbons (Fsp3) is 0.857. The molecular formula is C7H11Cl2FN2O2S2. The smallest absolute Gasteiger partial charge is 0.211 e. The fourth-order valence-corrected chi connectivity index (χ4v) is 3.95. The zero-order chi connectivity index (χ0) is 13.1. The van der Waals surface area contributed by atoms with Crippen molar-refractivity contribution in [2.45, 2.75) is 36.0 Å². The Hall–Kier alpha value is 0.260. The average Bonchev–Trinajstić information content (AvgIpc) is 2.11. The van der Waals surface area contributed by atoms with Crippen LogP contribution >= 0.6 is 35.1 Å². The van der Waals surface area contributed by atoms with Gasteiger partial charge in [-0.3, -0.25) is 0 Å². The Morgan fingerprint density at radius 3 is 2.12 bits per heavy atom. The Morgan fingerprint density at radius 2 is 1.88 bits per heavy atom. The monoisotopic (exact) mass is 308 g/mol. The van der Waals surface area contributed by atoms with Gasteiger partial charge in [0.05, 0.1) is 11.3 Å². The third-order valence-corrected chi connectivity index (χ3v) is 5.52. The lowest BCUT2D eigenvalue weighted by molar-refractivity contribution is 0.483. The number of nitriles is 1. The normalized spacial score (nSPS) is 15.2. The van der Waals surface area contributed by atoms with Crippen LogP contribution in [0.1, 0.15) is 20.8 Å². The van der Waals surface area contributed by atoms with Crippen LogP contribution in [0.15, 0.2) is 0 Å². The Kier molecular flexibility index (Phi) is 5.83. The molecule has 1 atom stereocenters. The molecule has 16 heavy (non-hydrogen) atoms. The maximum absolute atomic E-state index is 13.0. The number of sulfonamides is 1. The average molecular weight is 309 g/mol. The Bertz CT molecular complexity index is 375. The van der Waals surface area contributed by atoms with Crippen molar-refractivity contribution in [3.05, 3.63) is 0 Å².